The van der Waals surface area contributed by atoms with Gasteiger partial charge in [-0.1, -0.05) is 41.9 Å². The Hall–Kier alpha value is -1.51. The highest BCUT2D eigenvalue weighted by Crippen LogP contribution is 2.36. The molecule has 0 aromatic heterocycles. The maximum Gasteiger partial charge on any atom is 0.122 e. The van der Waals surface area contributed by atoms with Gasteiger partial charge in [0.15, 0.2) is 0 Å². The summed E-state index contributed by atoms with van der Waals surface area (Å²) in [4.78, 5) is 0. The van der Waals surface area contributed by atoms with E-state index in [2.05, 4.69) is 18.2 Å². The summed E-state index contributed by atoms with van der Waals surface area (Å²) in [6, 6.07) is 14.4. The SMILES string of the molecule is Cc1ccc(CC(N)C2CCOc3ccccc32)c(Cl)c1. The van der Waals surface area contributed by atoms with Crippen LogP contribution in [0.2, 0.25) is 5.02 Å². The molecule has 0 spiro atoms. The molecule has 21 heavy (non-hydrogen) atoms. The number of nitrogens with two attached hydrogens (primary N) is 1. The molecule has 2 nitrogen and oxygen atoms in total. The molecule has 1 aliphatic rings. The largest absolute Gasteiger partial charge is 0.493 e. The number of aryl methyl sites for hydroxylation is 1. The van der Waals surface area contributed by atoms with E-state index in [0.29, 0.717) is 5.92 Å². The molecular formula is C18H20ClNO. The first kappa shape index (κ1) is 14.4. The van der Waals surface area contributed by atoms with Crippen molar-refractivity contribution in [2.24, 2.45) is 5.73 Å². The topological polar surface area (TPSA) is 35.2 Å². The molecule has 0 saturated carbocycles. The molecule has 2 aromatic rings. The second-order valence-corrected chi connectivity index (χ2v) is 6.15. The average Bonchev–Trinajstić information content (AvgIpc) is 2.49. The summed E-state index contributed by atoms with van der Waals surface area (Å²) in [5.41, 5.74) is 10.0. The van der Waals surface area contributed by atoms with Gasteiger partial charge in [0.25, 0.3) is 0 Å². The zero-order valence-electron chi connectivity index (χ0n) is 12.2. The van der Waals surface area contributed by atoms with Gasteiger partial charge in [0, 0.05) is 17.0 Å². The van der Waals surface area contributed by atoms with Crippen LogP contribution in [0.25, 0.3) is 0 Å². The van der Waals surface area contributed by atoms with Gasteiger partial charge in [-0.3, -0.25) is 0 Å². The maximum absolute atomic E-state index is 6.49. The van der Waals surface area contributed by atoms with Gasteiger partial charge >= 0.3 is 0 Å². The Morgan fingerprint density at radius 3 is 2.90 bits per heavy atom. The van der Waals surface area contributed by atoms with E-state index in [4.69, 9.17) is 22.1 Å². The smallest absolute Gasteiger partial charge is 0.122 e. The van der Waals surface area contributed by atoms with Crippen molar-refractivity contribution in [1.29, 1.82) is 0 Å². The third kappa shape index (κ3) is 3.07. The first-order chi connectivity index (χ1) is 10.1. The predicted molar refractivity (Wildman–Crippen MR) is 87.2 cm³/mol. The van der Waals surface area contributed by atoms with Crippen LogP contribution < -0.4 is 10.5 Å². The van der Waals surface area contributed by atoms with Gasteiger partial charge in [-0.2, -0.15) is 0 Å². The van der Waals surface area contributed by atoms with E-state index in [1.807, 2.05) is 31.2 Å². The van der Waals surface area contributed by atoms with E-state index in [9.17, 15) is 0 Å². The van der Waals surface area contributed by atoms with Crippen LogP contribution in [-0.2, 0) is 6.42 Å². The minimum absolute atomic E-state index is 0.0512. The summed E-state index contributed by atoms with van der Waals surface area (Å²) in [6.45, 7) is 2.78. The highest BCUT2D eigenvalue weighted by atomic mass is 35.5. The van der Waals surface area contributed by atoms with Crippen molar-refractivity contribution < 1.29 is 4.74 Å². The lowest BCUT2D eigenvalue weighted by atomic mass is 9.84. The lowest BCUT2D eigenvalue weighted by molar-refractivity contribution is 0.254. The molecule has 1 aliphatic heterocycles. The summed E-state index contributed by atoms with van der Waals surface area (Å²) in [5, 5.41) is 0.811. The average molecular weight is 302 g/mol. The molecule has 3 rings (SSSR count). The zero-order valence-corrected chi connectivity index (χ0v) is 12.9. The number of para-hydroxylation sites is 1. The van der Waals surface area contributed by atoms with E-state index in [1.165, 1.54) is 11.1 Å². The van der Waals surface area contributed by atoms with Crippen LogP contribution in [0.4, 0.5) is 0 Å². The number of ether oxygens (including phenoxy) is 1. The number of fused-ring (bicyclic) bond motifs is 1. The van der Waals surface area contributed by atoms with Crippen molar-refractivity contribution in [1.82, 2.24) is 0 Å². The zero-order chi connectivity index (χ0) is 14.8. The Morgan fingerprint density at radius 2 is 2.10 bits per heavy atom. The van der Waals surface area contributed by atoms with Crippen molar-refractivity contribution in [2.45, 2.75) is 31.7 Å². The van der Waals surface area contributed by atoms with Crippen LogP contribution in [0.3, 0.4) is 0 Å². The summed E-state index contributed by atoms with van der Waals surface area (Å²) in [7, 11) is 0. The molecule has 0 radical (unpaired) electrons. The van der Waals surface area contributed by atoms with E-state index >= 15 is 0 Å². The molecule has 110 valence electrons. The van der Waals surface area contributed by atoms with Gasteiger partial charge in [-0.25, -0.2) is 0 Å². The minimum atomic E-state index is 0.0512. The molecule has 1 heterocycles. The number of hydrogen-bond acceptors (Lipinski definition) is 2. The van der Waals surface area contributed by atoms with E-state index in [0.717, 1.165) is 35.8 Å². The Balaban J connectivity index is 1.81. The number of benzene rings is 2. The van der Waals surface area contributed by atoms with Crippen LogP contribution in [-0.4, -0.2) is 12.6 Å². The number of rotatable bonds is 3. The Bertz CT molecular complexity index is 641. The molecule has 2 atom stereocenters. The van der Waals surface area contributed by atoms with Gasteiger partial charge < -0.3 is 10.5 Å². The van der Waals surface area contributed by atoms with E-state index < -0.39 is 0 Å². The molecule has 0 saturated heterocycles. The van der Waals surface area contributed by atoms with Gasteiger partial charge in [0.05, 0.1) is 6.61 Å². The number of hydrogen-bond donors (Lipinski definition) is 1. The van der Waals surface area contributed by atoms with Crippen LogP contribution in [0.5, 0.6) is 5.75 Å². The quantitative estimate of drug-likeness (QED) is 0.927. The highest BCUT2D eigenvalue weighted by molar-refractivity contribution is 6.31. The fourth-order valence-corrected chi connectivity index (χ4v) is 3.34. The van der Waals surface area contributed by atoms with Crippen molar-refractivity contribution in [3.05, 3.63) is 64.2 Å². The molecular weight excluding hydrogens is 282 g/mol. The second-order valence-electron chi connectivity index (χ2n) is 5.74. The first-order valence-electron chi connectivity index (χ1n) is 7.37. The van der Waals surface area contributed by atoms with Gasteiger partial charge in [-0.15, -0.1) is 0 Å². The van der Waals surface area contributed by atoms with Gasteiger partial charge in [-0.05, 0) is 48.6 Å². The Kier molecular flexibility index (Phi) is 4.18. The third-order valence-electron chi connectivity index (χ3n) is 4.19. The van der Waals surface area contributed by atoms with Crippen LogP contribution in [0, 0.1) is 6.92 Å². The normalized spacial score (nSPS) is 18.7. The highest BCUT2D eigenvalue weighted by Gasteiger charge is 2.26. The van der Waals surface area contributed by atoms with E-state index in [1.54, 1.807) is 0 Å². The Labute approximate surface area is 130 Å². The van der Waals surface area contributed by atoms with Crippen molar-refractivity contribution in [3.8, 4) is 5.75 Å². The van der Waals surface area contributed by atoms with Crippen LogP contribution in [0.1, 0.15) is 29.0 Å². The van der Waals surface area contributed by atoms with Gasteiger partial charge in [0.1, 0.15) is 5.75 Å². The van der Waals surface area contributed by atoms with Gasteiger partial charge in [0.2, 0.25) is 0 Å². The molecule has 0 aliphatic carbocycles. The summed E-state index contributed by atoms with van der Waals surface area (Å²) in [6.07, 6.45) is 1.75. The van der Waals surface area contributed by atoms with Crippen molar-refractivity contribution >= 4 is 11.6 Å². The molecule has 2 unspecified atom stereocenters. The lowest BCUT2D eigenvalue weighted by Gasteiger charge is -2.30. The summed E-state index contributed by atoms with van der Waals surface area (Å²) >= 11 is 6.33. The number of halogens is 1. The molecule has 3 heteroatoms. The van der Waals surface area contributed by atoms with E-state index in [-0.39, 0.29) is 6.04 Å². The standard InChI is InChI=1S/C18H20ClNO/c1-12-6-7-13(16(19)10-12)11-17(20)14-8-9-21-18-5-3-2-4-15(14)18/h2-7,10,14,17H,8-9,11,20H2,1H3. The molecule has 0 amide bonds. The molecule has 0 bridgehead atoms. The fourth-order valence-electron chi connectivity index (χ4n) is 3.03. The first-order valence-corrected chi connectivity index (χ1v) is 7.75. The van der Waals surface area contributed by atoms with Crippen molar-refractivity contribution in [2.75, 3.05) is 6.61 Å². The minimum Gasteiger partial charge on any atom is -0.493 e. The molecule has 0 fully saturated rings. The second kappa shape index (κ2) is 6.08. The third-order valence-corrected chi connectivity index (χ3v) is 4.54. The van der Waals surface area contributed by atoms with Crippen LogP contribution >= 0.6 is 11.6 Å². The maximum atomic E-state index is 6.49. The summed E-state index contributed by atoms with van der Waals surface area (Å²) < 4.78 is 5.71. The lowest BCUT2D eigenvalue weighted by Crippen LogP contribution is -2.34. The monoisotopic (exact) mass is 301 g/mol. The predicted octanol–water partition coefficient (Wildman–Crippen LogP) is 4.08. The van der Waals surface area contributed by atoms with Crippen molar-refractivity contribution in [3.63, 3.8) is 0 Å². The fraction of sp³-hybridized carbons (Fsp3) is 0.333. The summed E-state index contributed by atoms with van der Waals surface area (Å²) in [5.74, 6) is 1.30. The molecule has 2 aromatic carbocycles. The van der Waals surface area contributed by atoms with Crippen LogP contribution in [0.15, 0.2) is 42.5 Å². The molecule has 2 N–H and O–H groups in total. The Morgan fingerprint density at radius 1 is 1.29 bits per heavy atom.